The molecule has 1 aromatic carbocycles. The van der Waals surface area contributed by atoms with E-state index in [9.17, 15) is 9.59 Å². The predicted molar refractivity (Wildman–Crippen MR) is 129 cm³/mol. The van der Waals surface area contributed by atoms with E-state index in [-0.39, 0.29) is 22.3 Å². The number of thiophene rings is 1. The monoisotopic (exact) mass is 454 g/mol. The van der Waals surface area contributed by atoms with Crippen LogP contribution in [0, 0.1) is 5.41 Å². The predicted octanol–water partition coefficient (Wildman–Crippen LogP) is 3.57. The lowest BCUT2D eigenvalue weighted by Gasteiger charge is -2.39. The highest BCUT2D eigenvalue weighted by Crippen LogP contribution is 2.41. The van der Waals surface area contributed by atoms with E-state index in [1.54, 1.807) is 23.5 Å². The third kappa shape index (κ3) is 5.14. The molecule has 2 aliphatic heterocycles. The van der Waals surface area contributed by atoms with Crippen molar-refractivity contribution < 1.29 is 9.59 Å². The SMILES string of the molecule is NC(=S)Nc1cccc(C(=O)N2CCC3(CCN(C(=O)C=Cc4ccsc4)CC3)C2)c1. The van der Waals surface area contributed by atoms with Crippen molar-refractivity contribution in [3.63, 3.8) is 0 Å². The van der Waals surface area contributed by atoms with Gasteiger partial charge in [0.05, 0.1) is 0 Å². The summed E-state index contributed by atoms with van der Waals surface area (Å²) in [5.74, 6) is 0.0924. The number of hydrogen-bond donors (Lipinski definition) is 2. The van der Waals surface area contributed by atoms with Gasteiger partial charge in [-0.05, 0) is 83.6 Å². The molecule has 0 aliphatic carbocycles. The van der Waals surface area contributed by atoms with Gasteiger partial charge < -0.3 is 20.9 Å². The van der Waals surface area contributed by atoms with Crippen LogP contribution in [0.5, 0.6) is 0 Å². The molecule has 31 heavy (non-hydrogen) atoms. The lowest BCUT2D eigenvalue weighted by Crippen LogP contribution is -2.44. The fourth-order valence-corrected chi connectivity index (χ4v) is 5.16. The van der Waals surface area contributed by atoms with Gasteiger partial charge in [-0.2, -0.15) is 11.3 Å². The molecule has 8 heteroatoms. The summed E-state index contributed by atoms with van der Waals surface area (Å²) in [4.78, 5) is 29.4. The number of nitrogens with two attached hydrogens (primary N) is 1. The lowest BCUT2D eigenvalue weighted by atomic mass is 9.78. The normalized spacial score (nSPS) is 17.9. The molecule has 162 valence electrons. The highest BCUT2D eigenvalue weighted by atomic mass is 32.1. The van der Waals surface area contributed by atoms with Crippen LogP contribution in [0.3, 0.4) is 0 Å². The minimum atomic E-state index is 0.0284. The molecule has 0 bridgehead atoms. The molecule has 1 spiro atoms. The Bertz CT molecular complexity index is 995. The second-order valence-electron chi connectivity index (χ2n) is 8.26. The standard InChI is InChI=1S/C23H26N4O2S2/c24-22(30)25-19-3-1-2-18(14-19)21(29)27-12-9-23(16-27)7-10-26(11-8-23)20(28)5-4-17-6-13-31-15-17/h1-6,13-15H,7-12,16H2,(H3,24,25,30). The van der Waals surface area contributed by atoms with E-state index in [0.29, 0.717) is 5.56 Å². The number of piperidine rings is 1. The molecule has 0 unspecified atom stereocenters. The maximum atomic E-state index is 13.0. The van der Waals surface area contributed by atoms with Crippen LogP contribution in [0.25, 0.3) is 6.08 Å². The number of rotatable bonds is 4. The molecule has 2 aliphatic rings. The minimum Gasteiger partial charge on any atom is -0.376 e. The average Bonchev–Trinajstić information content (AvgIpc) is 3.42. The Hall–Kier alpha value is -2.71. The first kappa shape index (κ1) is 21.5. The molecule has 0 atom stereocenters. The number of nitrogens with zero attached hydrogens (tertiary/aromatic N) is 2. The Morgan fingerprint density at radius 3 is 2.55 bits per heavy atom. The maximum Gasteiger partial charge on any atom is 0.253 e. The molecule has 2 aromatic rings. The summed E-state index contributed by atoms with van der Waals surface area (Å²) in [6.07, 6.45) is 6.38. The quantitative estimate of drug-likeness (QED) is 0.545. The van der Waals surface area contributed by atoms with Gasteiger partial charge in [-0.3, -0.25) is 9.59 Å². The molecule has 2 amide bonds. The number of anilines is 1. The van der Waals surface area contributed by atoms with Crippen molar-refractivity contribution in [3.8, 4) is 0 Å². The summed E-state index contributed by atoms with van der Waals surface area (Å²) in [6.45, 7) is 2.97. The van der Waals surface area contributed by atoms with E-state index in [1.165, 1.54) is 0 Å². The third-order valence-corrected chi connectivity index (χ3v) is 7.00. The lowest BCUT2D eigenvalue weighted by molar-refractivity contribution is -0.128. The second-order valence-corrected chi connectivity index (χ2v) is 9.48. The Morgan fingerprint density at radius 1 is 1.13 bits per heavy atom. The van der Waals surface area contributed by atoms with Crippen LogP contribution in [-0.4, -0.2) is 52.9 Å². The van der Waals surface area contributed by atoms with Gasteiger partial charge in [0.25, 0.3) is 5.91 Å². The first-order chi connectivity index (χ1) is 14.9. The molecule has 3 N–H and O–H groups in total. The van der Waals surface area contributed by atoms with Gasteiger partial charge in [0.2, 0.25) is 5.91 Å². The van der Waals surface area contributed by atoms with E-state index in [2.05, 4.69) is 5.32 Å². The zero-order chi connectivity index (χ0) is 21.8. The summed E-state index contributed by atoms with van der Waals surface area (Å²) < 4.78 is 0. The Labute approximate surface area is 191 Å². The van der Waals surface area contributed by atoms with Gasteiger partial charge in [0.15, 0.2) is 5.11 Å². The molecular formula is C23H26N4O2S2. The fraction of sp³-hybridized carbons (Fsp3) is 0.348. The second kappa shape index (κ2) is 9.20. The Kier molecular flexibility index (Phi) is 6.38. The van der Waals surface area contributed by atoms with Crippen LogP contribution in [0.15, 0.2) is 47.2 Å². The topological polar surface area (TPSA) is 78.7 Å². The van der Waals surface area contributed by atoms with Crippen LogP contribution in [-0.2, 0) is 4.79 Å². The van der Waals surface area contributed by atoms with E-state index in [0.717, 1.165) is 56.7 Å². The van der Waals surface area contributed by atoms with Crippen LogP contribution in [0.2, 0.25) is 0 Å². The van der Waals surface area contributed by atoms with Crippen molar-refractivity contribution in [2.45, 2.75) is 19.3 Å². The van der Waals surface area contributed by atoms with Crippen molar-refractivity contribution in [1.82, 2.24) is 9.80 Å². The van der Waals surface area contributed by atoms with Gasteiger partial charge in [0, 0.05) is 43.5 Å². The number of amides is 2. The van der Waals surface area contributed by atoms with Crippen LogP contribution < -0.4 is 11.1 Å². The van der Waals surface area contributed by atoms with Gasteiger partial charge in [-0.1, -0.05) is 6.07 Å². The van der Waals surface area contributed by atoms with Crippen LogP contribution in [0.4, 0.5) is 5.69 Å². The smallest absolute Gasteiger partial charge is 0.253 e. The van der Waals surface area contributed by atoms with E-state index in [1.807, 2.05) is 50.9 Å². The van der Waals surface area contributed by atoms with Crippen LogP contribution >= 0.6 is 23.6 Å². The Morgan fingerprint density at radius 2 is 1.87 bits per heavy atom. The first-order valence-corrected chi connectivity index (χ1v) is 11.7. The van der Waals surface area contributed by atoms with Crippen molar-refractivity contribution in [3.05, 3.63) is 58.3 Å². The zero-order valence-electron chi connectivity index (χ0n) is 17.3. The summed E-state index contributed by atoms with van der Waals surface area (Å²) >= 11 is 6.50. The molecular weight excluding hydrogens is 428 g/mol. The highest BCUT2D eigenvalue weighted by Gasteiger charge is 2.42. The highest BCUT2D eigenvalue weighted by molar-refractivity contribution is 7.80. The van der Waals surface area contributed by atoms with E-state index in [4.69, 9.17) is 18.0 Å². The maximum absolute atomic E-state index is 13.0. The van der Waals surface area contributed by atoms with Gasteiger partial charge >= 0.3 is 0 Å². The largest absolute Gasteiger partial charge is 0.376 e. The third-order valence-electron chi connectivity index (χ3n) is 6.20. The van der Waals surface area contributed by atoms with Gasteiger partial charge in [-0.15, -0.1) is 0 Å². The number of nitrogens with one attached hydrogen (secondary N) is 1. The number of benzene rings is 1. The molecule has 0 saturated carbocycles. The number of hydrogen-bond acceptors (Lipinski definition) is 4. The molecule has 3 heterocycles. The molecule has 1 aromatic heterocycles. The number of likely N-dealkylation sites (tertiary alicyclic amines) is 2. The molecule has 4 rings (SSSR count). The summed E-state index contributed by atoms with van der Waals surface area (Å²) in [6, 6.07) is 9.26. The molecule has 6 nitrogen and oxygen atoms in total. The molecule has 0 radical (unpaired) electrons. The summed E-state index contributed by atoms with van der Waals surface area (Å²) in [5, 5.41) is 7.08. The first-order valence-electron chi connectivity index (χ1n) is 10.4. The van der Waals surface area contributed by atoms with Gasteiger partial charge in [-0.25, -0.2) is 0 Å². The molecule has 2 saturated heterocycles. The van der Waals surface area contributed by atoms with E-state index < -0.39 is 0 Å². The van der Waals surface area contributed by atoms with Crippen molar-refractivity contribution in [2.75, 3.05) is 31.5 Å². The Balaban J connectivity index is 1.33. The van der Waals surface area contributed by atoms with Crippen molar-refractivity contribution in [2.24, 2.45) is 11.1 Å². The van der Waals surface area contributed by atoms with Crippen LogP contribution in [0.1, 0.15) is 35.2 Å². The number of carbonyl (C=O) groups excluding carboxylic acids is 2. The zero-order valence-corrected chi connectivity index (χ0v) is 18.9. The number of carbonyl (C=O) groups is 2. The van der Waals surface area contributed by atoms with Crippen molar-refractivity contribution in [1.29, 1.82) is 0 Å². The number of thiocarbonyl (C=S) groups is 1. The van der Waals surface area contributed by atoms with Crippen molar-refractivity contribution >= 4 is 52.2 Å². The fourth-order valence-electron chi connectivity index (χ4n) is 4.42. The summed E-state index contributed by atoms with van der Waals surface area (Å²) in [5.41, 5.74) is 8.05. The van der Waals surface area contributed by atoms with E-state index >= 15 is 0 Å². The average molecular weight is 455 g/mol. The molecule has 2 fully saturated rings. The van der Waals surface area contributed by atoms with Gasteiger partial charge in [0.1, 0.15) is 0 Å². The minimum absolute atomic E-state index is 0.0284. The summed E-state index contributed by atoms with van der Waals surface area (Å²) in [7, 11) is 0.